The zero-order valence-corrected chi connectivity index (χ0v) is 10.5. The monoisotopic (exact) mass is 287 g/mol. The fourth-order valence-electron chi connectivity index (χ4n) is 1.50. The minimum absolute atomic E-state index is 0.393. The van der Waals surface area contributed by atoms with Crippen LogP contribution >= 0.6 is 15.9 Å². The summed E-state index contributed by atoms with van der Waals surface area (Å²) in [6.45, 7) is 1.89. The van der Waals surface area contributed by atoms with Crippen LogP contribution in [0.15, 0.2) is 22.8 Å². The van der Waals surface area contributed by atoms with Gasteiger partial charge in [-0.3, -0.25) is 9.78 Å². The highest BCUT2D eigenvalue weighted by Crippen LogP contribution is 2.25. The van der Waals surface area contributed by atoms with Crippen LogP contribution in [0.4, 0.5) is 0 Å². The van der Waals surface area contributed by atoms with E-state index in [1.807, 2.05) is 6.92 Å². The first-order valence-corrected chi connectivity index (χ1v) is 5.88. The number of hydrogen-bond acceptors (Lipinski definition) is 3. The SMILES string of the molecule is CCCC(C(=O)O)C(O)c1ccc(Br)cn1. The van der Waals surface area contributed by atoms with Gasteiger partial charge >= 0.3 is 5.97 Å². The van der Waals surface area contributed by atoms with Gasteiger partial charge in [0, 0.05) is 10.7 Å². The topological polar surface area (TPSA) is 70.4 Å². The molecule has 0 aliphatic carbocycles. The molecule has 1 aromatic heterocycles. The first-order chi connectivity index (χ1) is 7.56. The van der Waals surface area contributed by atoms with Crippen LogP contribution in [-0.4, -0.2) is 21.2 Å². The van der Waals surface area contributed by atoms with Crippen LogP contribution in [0.5, 0.6) is 0 Å². The predicted octanol–water partition coefficient (Wildman–Crippen LogP) is 2.38. The summed E-state index contributed by atoms with van der Waals surface area (Å²) in [5.74, 6) is -1.78. The van der Waals surface area contributed by atoms with Gasteiger partial charge in [0.1, 0.15) is 6.10 Å². The molecule has 2 unspecified atom stereocenters. The largest absolute Gasteiger partial charge is 0.481 e. The number of aliphatic hydroxyl groups excluding tert-OH is 1. The molecule has 0 radical (unpaired) electrons. The molecule has 5 heteroatoms. The Morgan fingerprint density at radius 3 is 2.69 bits per heavy atom. The molecule has 0 fully saturated rings. The second-order valence-electron chi connectivity index (χ2n) is 3.58. The standard InChI is InChI=1S/C11H14BrNO3/c1-2-3-8(11(15)16)10(14)9-5-4-7(12)6-13-9/h4-6,8,10,14H,2-3H2,1H3,(H,15,16). The Bertz CT molecular complexity index is 353. The molecule has 88 valence electrons. The van der Waals surface area contributed by atoms with Crippen molar-refractivity contribution < 1.29 is 15.0 Å². The molecule has 4 nitrogen and oxygen atoms in total. The second kappa shape index (κ2) is 5.96. The summed E-state index contributed by atoms with van der Waals surface area (Å²) in [4.78, 5) is 15.0. The van der Waals surface area contributed by atoms with Crippen molar-refractivity contribution in [2.24, 2.45) is 5.92 Å². The molecular formula is C11H14BrNO3. The zero-order chi connectivity index (χ0) is 12.1. The van der Waals surface area contributed by atoms with Crippen molar-refractivity contribution in [2.45, 2.75) is 25.9 Å². The van der Waals surface area contributed by atoms with E-state index in [9.17, 15) is 9.90 Å². The van der Waals surface area contributed by atoms with Crippen LogP contribution in [0.2, 0.25) is 0 Å². The van der Waals surface area contributed by atoms with E-state index in [0.717, 1.165) is 4.47 Å². The molecule has 1 aromatic rings. The Morgan fingerprint density at radius 2 is 2.25 bits per heavy atom. The lowest BCUT2D eigenvalue weighted by Gasteiger charge is -2.17. The summed E-state index contributed by atoms with van der Waals surface area (Å²) in [6, 6.07) is 3.36. The minimum Gasteiger partial charge on any atom is -0.481 e. The Hall–Kier alpha value is -0.940. The third-order valence-electron chi connectivity index (χ3n) is 2.35. The first kappa shape index (κ1) is 13.1. The van der Waals surface area contributed by atoms with E-state index in [-0.39, 0.29) is 0 Å². The smallest absolute Gasteiger partial charge is 0.309 e. The summed E-state index contributed by atoms with van der Waals surface area (Å²) in [5, 5.41) is 18.9. The summed E-state index contributed by atoms with van der Waals surface area (Å²) < 4.78 is 0.797. The molecule has 0 saturated carbocycles. The van der Waals surface area contributed by atoms with Crippen LogP contribution < -0.4 is 0 Å². The molecule has 0 amide bonds. The van der Waals surface area contributed by atoms with E-state index in [1.54, 1.807) is 18.3 Å². The van der Waals surface area contributed by atoms with Crippen LogP contribution in [0.25, 0.3) is 0 Å². The normalized spacial score (nSPS) is 14.4. The summed E-state index contributed by atoms with van der Waals surface area (Å²) in [6.07, 6.45) is 1.65. The van der Waals surface area contributed by atoms with Gasteiger partial charge in [0.2, 0.25) is 0 Å². The second-order valence-corrected chi connectivity index (χ2v) is 4.50. The molecular weight excluding hydrogens is 274 g/mol. The number of carbonyl (C=O) groups is 1. The van der Waals surface area contributed by atoms with Crippen LogP contribution in [0.1, 0.15) is 31.6 Å². The lowest BCUT2D eigenvalue weighted by atomic mass is 9.95. The zero-order valence-electron chi connectivity index (χ0n) is 8.93. The number of carboxylic acid groups (broad SMARTS) is 1. The number of aliphatic carboxylic acids is 1. The van der Waals surface area contributed by atoms with Crippen molar-refractivity contribution in [3.8, 4) is 0 Å². The molecule has 1 rings (SSSR count). The average molecular weight is 288 g/mol. The van der Waals surface area contributed by atoms with Gasteiger partial charge in [-0.05, 0) is 34.5 Å². The Balaban J connectivity index is 2.85. The highest BCUT2D eigenvalue weighted by Gasteiger charge is 2.27. The van der Waals surface area contributed by atoms with Gasteiger partial charge in [-0.1, -0.05) is 13.3 Å². The van der Waals surface area contributed by atoms with Gasteiger partial charge < -0.3 is 10.2 Å². The number of aliphatic hydroxyl groups is 1. The third kappa shape index (κ3) is 3.28. The molecule has 2 atom stereocenters. The maximum Gasteiger partial charge on any atom is 0.309 e. The summed E-state index contributed by atoms with van der Waals surface area (Å²) >= 11 is 3.23. The van der Waals surface area contributed by atoms with Crippen molar-refractivity contribution in [3.05, 3.63) is 28.5 Å². The number of carboxylic acids is 1. The van der Waals surface area contributed by atoms with Crippen molar-refractivity contribution in [1.29, 1.82) is 0 Å². The maximum absolute atomic E-state index is 11.0. The molecule has 2 N–H and O–H groups in total. The third-order valence-corrected chi connectivity index (χ3v) is 2.82. The summed E-state index contributed by atoms with van der Waals surface area (Å²) in [7, 11) is 0. The van der Waals surface area contributed by atoms with Gasteiger partial charge in [-0.2, -0.15) is 0 Å². The van der Waals surface area contributed by atoms with Gasteiger partial charge in [-0.25, -0.2) is 0 Å². The van der Waals surface area contributed by atoms with Crippen molar-refractivity contribution >= 4 is 21.9 Å². The number of rotatable bonds is 5. The number of aromatic nitrogens is 1. The van der Waals surface area contributed by atoms with E-state index in [2.05, 4.69) is 20.9 Å². The van der Waals surface area contributed by atoms with Crippen LogP contribution in [-0.2, 0) is 4.79 Å². The van der Waals surface area contributed by atoms with E-state index in [0.29, 0.717) is 18.5 Å². The van der Waals surface area contributed by atoms with Crippen molar-refractivity contribution in [3.63, 3.8) is 0 Å². The van der Waals surface area contributed by atoms with E-state index >= 15 is 0 Å². The van der Waals surface area contributed by atoms with Crippen molar-refractivity contribution in [1.82, 2.24) is 4.98 Å². The lowest BCUT2D eigenvalue weighted by molar-refractivity contribution is -0.146. The molecule has 0 aliphatic rings. The molecule has 0 spiro atoms. The number of pyridine rings is 1. The van der Waals surface area contributed by atoms with Gasteiger partial charge in [0.05, 0.1) is 11.6 Å². The molecule has 16 heavy (non-hydrogen) atoms. The lowest BCUT2D eigenvalue weighted by Crippen LogP contribution is -2.22. The van der Waals surface area contributed by atoms with Gasteiger partial charge in [0.15, 0.2) is 0 Å². The summed E-state index contributed by atoms with van der Waals surface area (Å²) in [5.41, 5.74) is 0.393. The van der Waals surface area contributed by atoms with Crippen molar-refractivity contribution in [2.75, 3.05) is 0 Å². The molecule has 1 heterocycles. The van der Waals surface area contributed by atoms with E-state index < -0.39 is 18.0 Å². The maximum atomic E-state index is 11.0. The highest BCUT2D eigenvalue weighted by molar-refractivity contribution is 9.10. The fraction of sp³-hybridized carbons (Fsp3) is 0.455. The molecule has 0 saturated heterocycles. The van der Waals surface area contributed by atoms with Crippen LogP contribution in [0.3, 0.4) is 0 Å². The molecule has 0 aromatic carbocycles. The Labute approximate surface area is 102 Å². The van der Waals surface area contributed by atoms with E-state index in [1.165, 1.54) is 0 Å². The molecule has 0 bridgehead atoms. The minimum atomic E-state index is -1.05. The molecule has 0 aliphatic heterocycles. The quantitative estimate of drug-likeness (QED) is 0.872. The highest BCUT2D eigenvalue weighted by atomic mass is 79.9. The average Bonchev–Trinajstić information content (AvgIpc) is 2.25. The van der Waals surface area contributed by atoms with Gasteiger partial charge in [0.25, 0.3) is 0 Å². The Kier molecular flexibility index (Phi) is 4.89. The Morgan fingerprint density at radius 1 is 1.56 bits per heavy atom. The first-order valence-electron chi connectivity index (χ1n) is 5.08. The number of halogens is 1. The van der Waals surface area contributed by atoms with Gasteiger partial charge in [-0.15, -0.1) is 0 Å². The fourth-order valence-corrected chi connectivity index (χ4v) is 1.73. The predicted molar refractivity (Wildman–Crippen MR) is 62.9 cm³/mol. The number of nitrogens with zero attached hydrogens (tertiary/aromatic N) is 1. The number of hydrogen-bond donors (Lipinski definition) is 2. The van der Waals surface area contributed by atoms with Crippen LogP contribution in [0, 0.1) is 5.92 Å². The van der Waals surface area contributed by atoms with E-state index in [4.69, 9.17) is 5.11 Å².